The SMILES string of the molecule is CC(C)(CCl)NC(=O)c1cc(O)cc(O)c1. The lowest BCUT2D eigenvalue weighted by molar-refractivity contribution is 0.0919. The summed E-state index contributed by atoms with van der Waals surface area (Å²) in [5.41, 5.74) is -0.351. The number of phenolic OH excluding ortho intramolecular Hbond substituents is 2. The molecule has 0 aromatic heterocycles. The predicted molar refractivity (Wildman–Crippen MR) is 62.0 cm³/mol. The summed E-state index contributed by atoms with van der Waals surface area (Å²) in [5, 5.41) is 21.1. The summed E-state index contributed by atoms with van der Waals surface area (Å²) in [6, 6.07) is 3.71. The van der Waals surface area contributed by atoms with E-state index < -0.39 is 11.4 Å². The first-order chi connectivity index (χ1) is 7.34. The number of phenols is 2. The Hall–Kier alpha value is -1.42. The number of alkyl halides is 1. The molecule has 0 aliphatic heterocycles. The van der Waals surface area contributed by atoms with Gasteiger partial charge in [-0.1, -0.05) is 0 Å². The van der Waals surface area contributed by atoms with E-state index in [-0.39, 0.29) is 22.9 Å². The molecular weight excluding hydrogens is 230 g/mol. The lowest BCUT2D eigenvalue weighted by Gasteiger charge is -2.23. The van der Waals surface area contributed by atoms with Gasteiger partial charge in [-0.15, -0.1) is 11.6 Å². The molecule has 1 rings (SSSR count). The number of nitrogens with one attached hydrogen (secondary N) is 1. The molecule has 1 amide bonds. The third-order valence-corrected chi connectivity index (χ3v) is 2.62. The molecule has 1 aromatic carbocycles. The van der Waals surface area contributed by atoms with E-state index in [2.05, 4.69) is 5.32 Å². The fourth-order valence-corrected chi connectivity index (χ4v) is 1.21. The van der Waals surface area contributed by atoms with Crippen LogP contribution in [0.25, 0.3) is 0 Å². The van der Waals surface area contributed by atoms with Gasteiger partial charge < -0.3 is 15.5 Å². The van der Waals surface area contributed by atoms with E-state index in [0.717, 1.165) is 6.07 Å². The highest BCUT2D eigenvalue weighted by Gasteiger charge is 2.20. The monoisotopic (exact) mass is 243 g/mol. The van der Waals surface area contributed by atoms with Crippen LogP contribution in [0.1, 0.15) is 24.2 Å². The minimum atomic E-state index is -0.542. The molecule has 0 fully saturated rings. The van der Waals surface area contributed by atoms with E-state index in [1.54, 1.807) is 13.8 Å². The maximum atomic E-state index is 11.7. The van der Waals surface area contributed by atoms with Crippen molar-refractivity contribution in [3.8, 4) is 11.5 Å². The Morgan fingerprint density at radius 3 is 2.25 bits per heavy atom. The number of rotatable bonds is 3. The van der Waals surface area contributed by atoms with Crippen molar-refractivity contribution >= 4 is 17.5 Å². The molecule has 0 aliphatic rings. The number of halogens is 1. The maximum absolute atomic E-state index is 11.7. The normalized spacial score (nSPS) is 11.2. The van der Waals surface area contributed by atoms with Gasteiger partial charge >= 0.3 is 0 Å². The van der Waals surface area contributed by atoms with E-state index in [1.807, 2.05) is 0 Å². The Kier molecular flexibility index (Phi) is 3.65. The standard InChI is InChI=1S/C11H14ClNO3/c1-11(2,6-12)13-10(16)7-3-8(14)5-9(15)4-7/h3-5,14-15H,6H2,1-2H3,(H,13,16). The van der Waals surface area contributed by atoms with Gasteiger partial charge in [-0.3, -0.25) is 4.79 Å². The van der Waals surface area contributed by atoms with Gasteiger partial charge in [0, 0.05) is 23.0 Å². The second-order valence-electron chi connectivity index (χ2n) is 4.21. The van der Waals surface area contributed by atoms with Gasteiger partial charge in [-0.2, -0.15) is 0 Å². The first-order valence-corrected chi connectivity index (χ1v) is 5.29. The number of hydrogen-bond donors (Lipinski definition) is 3. The van der Waals surface area contributed by atoms with Crippen molar-refractivity contribution < 1.29 is 15.0 Å². The van der Waals surface area contributed by atoms with Gasteiger partial charge in [-0.25, -0.2) is 0 Å². The maximum Gasteiger partial charge on any atom is 0.252 e. The Bertz CT molecular complexity index is 384. The van der Waals surface area contributed by atoms with E-state index in [0.29, 0.717) is 0 Å². The van der Waals surface area contributed by atoms with E-state index in [9.17, 15) is 15.0 Å². The molecular formula is C11H14ClNO3. The number of carbonyl (C=O) groups is 1. The van der Waals surface area contributed by atoms with Crippen LogP contribution in [-0.2, 0) is 0 Å². The van der Waals surface area contributed by atoms with Crippen LogP contribution in [0.3, 0.4) is 0 Å². The van der Waals surface area contributed by atoms with Crippen LogP contribution in [0.2, 0.25) is 0 Å². The number of aromatic hydroxyl groups is 2. The average molecular weight is 244 g/mol. The van der Waals surface area contributed by atoms with E-state index >= 15 is 0 Å². The molecule has 4 nitrogen and oxygen atoms in total. The van der Waals surface area contributed by atoms with Gasteiger partial charge in [0.2, 0.25) is 0 Å². The number of hydrogen-bond acceptors (Lipinski definition) is 3. The fraction of sp³-hybridized carbons (Fsp3) is 0.364. The zero-order valence-electron chi connectivity index (χ0n) is 9.12. The van der Waals surface area contributed by atoms with Crippen molar-refractivity contribution in [2.45, 2.75) is 19.4 Å². The summed E-state index contributed by atoms with van der Waals surface area (Å²) in [4.78, 5) is 11.7. The minimum absolute atomic E-state index is 0.158. The third-order valence-electron chi connectivity index (χ3n) is 1.95. The largest absolute Gasteiger partial charge is 0.508 e. The molecule has 3 N–H and O–H groups in total. The van der Waals surface area contributed by atoms with Crippen molar-refractivity contribution in [2.75, 3.05) is 5.88 Å². The molecule has 1 aromatic rings. The van der Waals surface area contributed by atoms with E-state index in [4.69, 9.17) is 11.6 Å². The highest BCUT2D eigenvalue weighted by atomic mass is 35.5. The molecule has 0 aliphatic carbocycles. The Balaban J connectivity index is 2.89. The fourth-order valence-electron chi connectivity index (χ4n) is 1.14. The molecule has 16 heavy (non-hydrogen) atoms. The van der Waals surface area contributed by atoms with Crippen LogP contribution in [-0.4, -0.2) is 27.5 Å². The second-order valence-corrected chi connectivity index (χ2v) is 4.48. The van der Waals surface area contributed by atoms with Gasteiger partial charge in [0.05, 0.1) is 0 Å². The molecule has 0 radical (unpaired) electrons. The zero-order valence-corrected chi connectivity index (χ0v) is 9.88. The summed E-state index contributed by atoms with van der Waals surface area (Å²) >= 11 is 5.67. The summed E-state index contributed by atoms with van der Waals surface area (Å²) in [5.74, 6) is -0.441. The Morgan fingerprint density at radius 1 is 1.31 bits per heavy atom. The smallest absolute Gasteiger partial charge is 0.252 e. The second kappa shape index (κ2) is 4.61. The van der Waals surface area contributed by atoms with Gasteiger partial charge in [-0.05, 0) is 26.0 Å². The van der Waals surface area contributed by atoms with Crippen molar-refractivity contribution in [2.24, 2.45) is 0 Å². The Labute approximate surface area is 98.9 Å². The van der Waals surface area contributed by atoms with Crippen LogP contribution >= 0.6 is 11.6 Å². The molecule has 5 heteroatoms. The molecule has 0 bridgehead atoms. The molecule has 0 heterocycles. The predicted octanol–water partition coefficient (Wildman–Crippen LogP) is 1.85. The molecule has 0 saturated heterocycles. The zero-order chi connectivity index (χ0) is 12.3. The summed E-state index contributed by atoms with van der Waals surface area (Å²) in [6.45, 7) is 3.56. The van der Waals surface area contributed by atoms with Crippen molar-refractivity contribution in [1.29, 1.82) is 0 Å². The summed E-state index contributed by atoms with van der Waals surface area (Å²) in [7, 11) is 0. The highest BCUT2D eigenvalue weighted by molar-refractivity contribution is 6.18. The van der Waals surface area contributed by atoms with Gasteiger partial charge in [0.25, 0.3) is 5.91 Å². The van der Waals surface area contributed by atoms with Gasteiger partial charge in [0.15, 0.2) is 0 Å². The average Bonchev–Trinajstić information content (AvgIpc) is 2.15. The lowest BCUT2D eigenvalue weighted by atomic mass is 10.1. The number of amides is 1. The molecule has 0 saturated carbocycles. The first-order valence-electron chi connectivity index (χ1n) is 4.75. The molecule has 88 valence electrons. The molecule has 0 unspecified atom stereocenters. The molecule has 0 atom stereocenters. The van der Waals surface area contributed by atoms with Gasteiger partial charge in [0.1, 0.15) is 11.5 Å². The number of benzene rings is 1. The minimum Gasteiger partial charge on any atom is -0.508 e. The third kappa shape index (κ3) is 3.31. The van der Waals surface area contributed by atoms with Crippen molar-refractivity contribution in [1.82, 2.24) is 5.32 Å². The van der Waals surface area contributed by atoms with E-state index in [1.165, 1.54) is 12.1 Å². The quantitative estimate of drug-likeness (QED) is 0.710. The topological polar surface area (TPSA) is 69.6 Å². The number of carbonyl (C=O) groups excluding carboxylic acids is 1. The first kappa shape index (κ1) is 12.6. The van der Waals surface area contributed by atoms with Crippen LogP contribution in [0.4, 0.5) is 0 Å². The Morgan fingerprint density at radius 2 is 1.81 bits per heavy atom. The molecule has 0 spiro atoms. The van der Waals surface area contributed by atoms with Crippen LogP contribution < -0.4 is 5.32 Å². The summed E-state index contributed by atoms with van der Waals surface area (Å²) in [6.07, 6.45) is 0. The van der Waals surface area contributed by atoms with Crippen LogP contribution in [0, 0.1) is 0 Å². The van der Waals surface area contributed by atoms with Crippen molar-refractivity contribution in [3.63, 3.8) is 0 Å². The van der Waals surface area contributed by atoms with Crippen molar-refractivity contribution in [3.05, 3.63) is 23.8 Å². The highest BCUT2D eigenvalue weighted by Crippen LogP contribution is 2.20. The summed E-state index contributed by atoms with van der Waals surface area (Å²) < 4.78 is 0. The lowest BCUT2D eigenvalue weighted by Crippen LogP contribution is -2.44. The van der Waals surface area contributed by atoms with Crippen LogP contribution in [0.15, 0.2) is 18.2 Å². The van der Waals surface area contributed by atoms with Crippen LogP contribution in [0.5, 0.6) is 11.5 Å².